The van der Waals surface area contributed by atoms with Gasteiger partial charge in [-0.15, -0.1) is 11.3 Å². The molecule has 26 heavy (non-hydrogen) atoms. The van der Waals surface area contributed by atoms with Crippen molar-refractivity contribution in [2.75, 3.05) is 20.8 Å². The maximum Gasteiger partial charge on any atom is 0.264 e. The van der Waals surface area contributed by atoms with E-state index in [1.165, 1.54) is 0 Å². The zero-order valence-corrected chi connectivity index (χ0v) is 15.7. The van der Waals surface area contributed by atoms with Gasteiger partial charge in [0.2, 0.25) is 0 Å². The van der Waals surface area contributed by atoms with Crippen LogP contribution in [0, 0.1) is 0 Å². The molecular weight excluding hydrogens is 346 g/mol. The highest BCUT2D eigenvalue weighted by atomic mass is 32.1. The Balaban J connectivity index is 1.64. The number of methoxy groups -OCH3 is 2. The molecule has 1 saturated heterocycles. The molecule has 1 aromatic heterocycles. The third-order valence-corrected chi connectivity index (χ3v) is 6.05. The molecule has 4 rings (SSSR count). The standard InChI is InChI=1S/C21H21NO3S/c1-24-17-10-9-14(12-18(17)25-2)16-7-5-11-22(16)21(23)20-13-15-6-3-4-8-19(15)26-20/h3-4,6,8-10,12-13,16H,5,7,11H2,1-2H3. The summed E-state index contributed by atoms with van der Waals surface area (Å²) in [6.07, 6.45) is 1.97. The molecule has 0 bridgehead atoms. The minimum absolute atomic E-state index is 0.0764. The van der Waals surface area contributed by atoms with Gasteiger partial charge in [0.15, 0.2) is 11.5 Å². The summed E-state index contributed by atoms with van der Waals surface area (Å²) in [7, 11) is 3.26. The minimum atomic E-state index is 0.0764. The number of thiophene rings is 1. The van der Waals surface area contributed by atoms with Crippen LogP contribution in [0.1, 0.15) is 34.1 Å². The van der Waals surface area contributed by atoms with Gasteiger partial charge in [-0.25, -0.2) is 0 Å². The summed E-state index contributed by atoms with van der Waals surface area (Å²) in [5, 5.41) is 1.13. The fraction of sp³-hybridized carbons (Fsp3) is 0.286. The van der Waals surface area contributed by atoms with Gasteiger partial charge in [0.1, 0.15) is 0 Å². The van der Waals surface area contributed by atoms with Crippen LogP contribution in [0.5, 0.6) is 11.5 Å². The molecule has 5 heteroatoms. The van der Waals surface area contributed by atoms with Crippen LogP contribution in [0.2, 0.25) is 0 Å². The molecular formula is C21H21NO3S. The molecule has 0 aliphatic carbocycles. The third-order valence-electron chi connectivity index (χ3n) is 4.94. The van der Waals surface area contributed by atoms with Crippen molar-refractivity contribution in [2.45, 2.75) is 18.9 Å². The molecule has 2 heterocycles. The van der Waals surface area contributed by atoms with Crippen LogP contribution in [0.25, 0.3) is 10.1 Å². The lowest BCUT2D eigenvalue weighted by atomic mass is 10.0. The van der Waals surface area contributed by atoms with Crippen LogP contribution in [-0.4, -0.2) is 31.6 Å². The van der Waals surface area contributed by atoms with E-state index < -0.39 is 0 Å². The van der Waals surface area contributed by atoms with Crippen molar-refractivity contribution in [3.05, 3.63) is 59.0 Å². The highest BCUT2D eigenvalue weighted by Gasteiger charge is 2.32. The van der Waals surface area contributed by atoms with Crippen molar-refractivity contribution >= 4 is 27.3 Å². The average molecular weight is 367 g/mol. The van der Waals surface area contributed by atoms with E-state index >= 15 is 0 Å². The fourth-order valence-electron chi connectivity index (χ4n) is 3.65. The van der Waals surface area contributed by atoms with Gasteiger partial charge in [0.25, 0.3) is 5.91 Å². The highest BCUT2D eigenvalue weighted by molar-refractivity contribution is 7.20. The number of rotatable bonds is 4. The first kappa shape index (κ1) is 16.9. The number of hydrogen-bond acceptors (Lipinski definition) is 4. The van der Waals surface area contributed by atoms with Gasteiger partial charge in [0.05, 0.1) is 25.1 Å². The highest BCUT2D eigenvalue weighted by Crippen LogP contribution is 2.38. The van der Waals surface area contributed by atoms with Gasteiger partial charge in [-0.05, 0) is 48.1 Å². The molecule has 134 valence electrons. The lowest BCUT2D eigenvalue weighted by Gasteiger charge is -2.25. The van der Waals surface area contributed by atoms with Crippen LogP contribution in [-0.2, 0) is 0 Å². The first-order valence-corrected chi connectivity index (χ1v) is 9.54. The Labute approximate surface area is 157 Å². The van der Waals surface area contributed by atoms with E-state index in [1.54, 1.807) is 25.6 Å². The zero-order valence-electron chi connectivity index (χ0n) is 14.9. The maximum absolute atomic E-state index is 13.2. The Morgan fingerprint density at radius 3 is 2.65 bits per heavy atom. The third kappa shape index (κ3) is 2.92. The smallest absolute Gasteiger partial charge is 0.264 e. The van der Waals surface area contributed by atoms with Crippen LogP contribution >= 0.6 is 11.3 Å². The molecule has 0 spiro atoms. The largest absolute Gasteiger partial charge is 0.493 e. The van der Waals surface area contributed by atoms with Crippen molar-refractivity contribution in [2.24, 2.45) is 0 Å². The first-order valence-electron chi connectivity index (χ1n) is 8.72. The summed E-state index contributed by atoms with van der Waals surface area (Å²) in [6.45, 7) is 0.784. The van der Waals surface area contributed by atoms with E-state index in [9.17, 15) is 4.79 Å². The lowest BCUT2D eigenvalue weighted by molar-refractivity contribution is 0.0740. The number of nitrogens with zero attached hydrogens (tertiary/aromatic N) is 1. The Morgan fingerprint density at radius 2 is 1.88 bits per heavy atom. The predicted octanol–water partition coefficient (Wildman–Crippen LogP) is 4.90. The molecule has 3 aromatic rings. The fourth-order valence-corrected chi connectivity index (χ4v) is 4.66. The van der Waals surface area contributed by atoms with Gasteiger partial charge in [-0.3, -0.25) is 4.79 Å². The van der Waals surface area contributed by atoms with Crippen LogP contribution in [0.3, 0.4) is 0 Å². The molecule has 0 N–H and O–H groups in total. The molecule has 0 saturated carbocycles. The number of hydrogen-bond donors (Lipinski definition) is 0. The quantitative estimate of drug-likeness (QED) is 0.659. The summed E-state index contributed by atoms with van der Waals surface area (Å²) in [4.78, 5) is 16.0. The summed E-state index contributed by atoms with van der Waals surface area (Å²) in [6, 6.07) is 16.1. The molecule has 4 nitrogen and oxygen atoms in total. The summed E-state index contributed by atoms with van der Waals surface area (Å²) < 4.78 is 11.9. The summed E-state index contributed by atoms with van der Waals surface area (Å²) in [5.74, 6) is 1.52. The Morgan fingerprint density at radius 1 is 1.08 bits per heavy atom. The predicted molar refractivity (Wildman–Crippen MR) is 104 cm³/mol. The molecule has 1 atom stereocenters. The average Bonchev–Trinajstić information content (AvgIpc) is 3.33. The second-order valence-corrected chi connectivity index (χ2v) is 7.50. The van der Waals surface area contributed by atoms with Gasteiger partial charge < -0.3 is 14.4 Å². The number of carbonyl (C=O) groups is 1. The van der Waals surface area contributed by atoms with E-state index in [-0.39, 0.29) is 11.9 Å². The van der Waals surface area contributed by atoms with Crippen LogP contribution in [0.15, 0.2) is 48.5 Å². The SMILES string of the molecule is COc1ccc(C2CCCN2C(=O)c2cc3ccccc3s2)cc1OC. The van der Waals surface area contributed by atoms with E-state index in [2.05, 4.69) is 12.1 Å². The van der Waals surface area contributed by atoms with Crippen LogP contribution in [0.4, 0.5) is 0 Å². The van der Waals surface area contributed by atoms with Gasteiger partial charge in [0, 0.05) is 11.2 Å². The monoisotopic (exact) mass is 367 g/mol. The lowest BCUT2D eigenvalue weighted by Crippen LogP contribution is -2.29. The normalized spacial score (nSPS) is 16.8. The van der Waals surface area contributed by atoms with Gasteiger partial charge in [-0.1, -0.05) is 24.3 Å². The minimum Gasteiger partial charge on any atom is -0.493 e. The number of fused-ring (bicyclic) bond motifs is 1. The topological polar surface area (TPSA) is 38.8 Å². The molecule has 1 unspecified atom stereocenters. The summed E-state index contributed by atoms with van der Waals surface area (Å²) >= 11 is 1.57. The number of ether oxygens (including phenoxy) is 2. The van der Waals surface area contributed by atoms with Gasteiger partial charge in [-0.2, -0.15) is 0 Å². The Bertz CT molecular complexity index is 916. The summed E-state index contributed by atoms with van der Waals surface area (Å²) in [5.41, 5.74) is 1.09. The molecule has 1 fully saturated rings. The number of benzene rings is 2. The Hall–Kier alpha value is -2.53. The molecule has 1 aliphatic rings. The first-order chi connectivity index (χ1) is 12.7. The maximum atomic E-state index is 13.2. The molecule has 1 amide bonds. The number of likely N-dealkylation sites (tertiary alicyclic amines) is 1. The molecule has 1 aliphatic heterocycles. The van der Waals surface area contributed by atoms with E-state index in [4.69, 9.17) is 9.47 Å². The van der Waals surface area contributed by atoms with Gasteiger partial charge >= 0.3 is 0 Å². The van der Waals surface area contributed by atoms with Crippen LogP contribution < -0.4 is 9.47 Å². The van der Waals surface area contributed by atoms with E-state index in [0.717, 1.165) is 39.9 Å². The van der Waals surface area contributed by atoms with Crippen molar-refractivity contribution in [3.63, 3.8) is 0 Å². The second-order valence-electron chi connectivity index (χ2n) is 6.42. The van der Waals surface area contributed by atoms with E-state index in [0.29, 0.717) is 11.5 Å². The molecule has 2 aromatic carbocycles. The molecule has 0 radical (unpaired) electrons. The Kier molecular flexibility index (Phi) is 4.55. The van der Waals surface area contributed by atoms with Crippen molar-refractivity contribution in [3.8, 4) is 11.5 Å². The van der Waals surface area contributed by atoms with Crippen molar-refractivity contribution < 1.29 is 14.3 Å². The van der Waals surface area contributed by atoms with E-state index in [1.807, 2.05) is 41.3 Å². The number of carbonyl (C=O) groups excluding carboxylic acids is 1. The zero-order chi connectivity index (χ0) is 18.1. The second kappa shape index (κ2) is 7.00. The van der Waals surface area contributed by atoms with Crippen molar-refractivity contribution in [1.29, 1.82) is 0 Å². The van der Waals surface area contributed by atoms with Crippen molar-refractivity contribution in [1.82, 2.24) is 4.90 Å². The number of amides is 1.